The molecule has 0 unspecified atom stereocenters. The van der Waals surface area contributed by atoms with Crippen molar-refractivity contribution < 1.29 is 36.3 Å². The van der Waals surface area contributed by atoms with Crippen LogP contribution in [0.1, 0.15) is 34.6 Å². The third-order valence-electron chi connectivity index (χ3n) is 5.44. The summed E-state index contributed by atoms with van der Waals surface area (Å²) in [6.45, 7) is 8.04. The smallest absolute Gasteiger partial charge is 0.480 e. The minimum absolute atomic E-state index is 0.0765. The van der Waals surface area contributed by atoms with Gasteiger partial charge >= 0.3 is 21.5 Å². The Morgan fingerprint density at radius 2 is 1.73 bits per heavy atom. The molecule has 0 spiro atoms. The molecule has 2 aliphatic rings. The lowest BCUT2D eigenvalue weighted by molar-refractivity contribution is -0.152. The fraction of sp³-hybridized carbons (Fsp3) is 0.867. The average molecular weight is 400 g/mol. The Bertz CT molecular complexity index is 727. The lowest BCUT2D eigenvalue weighted by Gasteiger charge is -2.36. The van der Waals surface area contributed by atoms with Crippen molar-refractivity contribution >= 4 is 21.9 Å². The van der Waals surface area contributed by atoms with Crippen LogP contribution in [0.4, 0.5) is 13.2 Å². The Hall–Kier alpha value is -1.36. The minimum atomic E-state index is -5.76. The van der Waals surface area contributed by atoms with Crippen LogP contribution in [0.3, 0.4) is 0 Å². The lowest BCUT2D eigenvalue weighted by atomic mass is 9.86. The van der Waals surface area contributed by atoms with Gasteiger partial charge in [0.2, 0.25) is 5.91 Å². The van der Waals surface area contributed by atoms with Crippen molar-refractivity contribution in [1.82, 2.24) is 9.62 Å². The van der Waals surface area contributed by atoms with E-state index in [1.165, 1.54) is 25.5 Å². The van der Waals surface area contributed by atoms with Crippen molar-refractivity contribution in [1.29, 1.82) is 0 Å². The average Bonchev–Trinajstić information content (AvgIpc) is 2.82. The normalized spacial score (nSPS) is 29.2. The summed E-state index contributed by atoms with van der Waals surface area (Å²) in [5.41, 5.74) is -7.04. The molecule has 0 bridgehead atoms. The van der Waals surface area contributed by atoms with E-state index >= 15 is 0 Å². The number of halogens is 3. The number of amides is 1. The number of nitrogens with one attached hydrogen (secondary N) is 1. The molecule has 2 fully saturated rings. The highest BCUT2D eigenvalue weighted by molar-refractivity contribution is 7.90. The zero-order chi connectivity index (χ0) is 20.5. The van der Waals surface area contributed by atoms with Crippen LogP contribution in [0.25, 0.3) is 0 Å². The lowest BCUT2D eigenvalue weighted by Crippen LogP contribution is -2.59. The molecule has 2 rings (SSSR count). The molecule has 150 valence electrons. The van der Waals surface area contributed by atoms with Gasteiger partial charge in [0.1, 0.15) is 12.1 Å². The largest absolute Gasteiger partial charge is 0.511 e. The summed E-state index contributed by atoms with van der Waals surface area (Å²) in [4.78, 5) is 25.5. The third-order valence-corrected chi connectivity index (χ3v) is 6.59. The van der Waals surface area contributed by atoms with Crippen LogP contribution < -0.4 is 4.72 Å². The molecule has 1 aliphatic carbocycles. The van der Waals surface area contributed by atoms with Gasteiger partial charge in [-0.25, -0.2) is 13.2 Å². The number of carboxylic acid groups (broad SMARTS) is 1. The molecule has 1 amide bonds. The van der Waals surface area contributed by atoms with Crippen LogP contribution in [0, 0.1) is 22.7 Å². The van der Waals surface area contributed by atoms with Crippen LogP contribution in [0.15, 0.2) is 0 Å². The molecule has 4 atom stereocenters. The van der Waals surface area contributed by atoms with Gasteiger partial charge in [-0.1, -0.05) is 34.6 Å². The third kappa shape index (κ3) is 3.30. The van der Waals surface area contributed by atoms with Gasteiger partial charge in [0.25, 0.3) is 0 Å². The van der Waals surface area contributed by atoms with Crippen LogP contribution >= 0.6 is 0 Å². The van der Waals surface area contributed by atoms with E-state index in [4.69, 9.17) is 0 Å². The molecule has 1 aliphatic heterocycles. The topological polar surface area (TPSA) is 104 Å². The number of sulfonamides is 1. The van der Waals surface area contributed by atoms with E-state index in [1.807, 2.05) is 13.8 Å². The molecule has 0 aromatic heterocycles. The predicted octanol–water partition coefficient (Wildman–Crippen LogP) is 1.41. The zero-order valence-electron chi connectivity index (χ0n) is 15.1. The van der Waals surface area contributed by atoms with Gasteiger partial charge in [0, 0.05) is 12.5 Å². The molecular formula is C15H23F3N2O5S. The van der Waals surface area contributed by atoms with Crippen molar-refractivity contribution in [3.63, 3.8) is 0 Å². The van der Waals surface area contributed by atoms with Gasteiger partial charge in [0.05, 0.1) is 0 Å². The van der Waals surface area contributed by atoms with Crippen LogP contribution in [0.5, 0.6) is 0 Å². The fourth-order valence-corrected chi connectivity index (χ4v) is 4.68. The maximum atomic E-state index is 12.9. The van der Waals surface area contributed by atoms with E-state index in [1.54, 1.807) is 0 Å². The minimum Gasteiger partial charge on any atom is -0.480 e. The van der Waals surface area contributed by atoms with Crippen molar-refractivity contribution in [2.45, 2.75) is 52.2 Å². The van der Waals surface area contributed by atoms with E-state index in [0.717, 1.165) is 4.90 Å². The van der Waals surface area contributed by atoms with Gasteiger partial charge in [-0.3, -0.25) is 4.79 Å². The van der Waals surface area contributed by atoms with Gasteiger partial charge in [-0.2, -0.15) is 17.9 Å². The molecule has 26 heavy (non-hydrogen) atoms. The first-order chi connectivity index (χ1) is 11.4. The molecule has 1 saturated carbocycles. The van der Waals surface area contributed by atoms with Crippen LogP contribution in [-0.2, 0) is 19.6 Å². The van der Waals surface area contributed by atoms with E-state index in [2.05, 4.69) is 0 Å². The highest BCUT2D eigenvalue weighted by Crippen LogP contribution is 2.65. The standard InChI is InChI=1S/C15H23F3N2O5S/c1-13(2,3)10(19-26(24,25)15(16,17)18)11(21)20-6-7-8(14(7,4)5)9(20)12(22)23/h7-10,19H,6H2,1-5H3,(H,22,23)/t7-,8-,9-,10+/m0/s1. The van der Waals surface area contributed by atoms with Crippen molar-refractivity contribution in [2.75, 3.05) is 6.54 Å². The fourth-order valence-electron chi connectivity index (χ4n) is 3.78. The number of hydrogen-bond acceptors (Lipinski definition) is 4. The molecule has 0 aromatic rings. The maximum absolute atomic E-state index is 12.9. The summed E-state index contributed by atoms with van der Waals surface area (Å²) in [7, 11) is -5.76. The van der Waals surface area contributed by atoms with Gasteiger partial charge in [-0.15, -0.1) is 0 Å². The van der Waals surface area contributed by atoms with Gasteiger partial charge in [-0.05, 0) is 16.7 Å². The first-order valence-electron chi connectivity index (χ1n) is 8.05. The first kappa shape index (κ1) is 20.9. The highest BCUT2D eigenvalue weighted by atomic mass is 32.2. The molecule has 1 heterocycles. The van der Waals surface area contributed by atoms with E-state index in [9.17, 15) is 36.3 Å². The number of carboxylic acids is 1. The second-order valence-electron chi connectivity index (χ2n) is 8.59. The maximum Gasteiger partial charge on any atom is 0.511 e. The van der Waals surface area contributed by atoms with Gasteiger partial charge in [0.15, 0.2) is 0 Å². The van der Waals surface area contributed by atoms with Crippen molar-refractivity contribution in [3.8, 4) is 0 Å². The Balaban J connectivity index is 2.33. The molecule has 7 nitrogen and oxygen atoms in total. The number of piperidine rings is 1. The number of carbonyl (C=O) groups excluding carboxylic acids is 1. The van der Waals surface area contributed by atoms with Crippen molar-refractivity contribution in [3.05, 3.63) is 0 Å². The Labute approximate surface area is 150 Å². The highest BCUT2D eigenvalue weighted by Gasteiger charge is 2.70. The second-order valence-corrected chi connectivity index (χ2v) is 10.3. The molecule has 2 N–H and O–H groups in total. The summed E-state index contributed by atoms with van der Waals surface area (Å²) < 4.78 is 62.6. The van der Waals surface area contributed by atoms with Crippen molar-refractivity contribution in [2.24, 2.45) is 22.7 Å². The number of aliphatic carboxylic acids is 1. The number of fused-ring (bicyclic) bond motifs is 1. The van der Waals surface area contributed by atoms with Crippen LogP contribution in [0.2, 0.25) is 0 Å². The number of likely N-dealkylation sites (tertiary alicyclic amines) is 1. The second kappa shape index (κ2) is 5.82. The molecule has 1 saturated heterocycles. The van der Waals surface area contributed by atoms with Crippen LogP contribution in [-0.4, -0.2) is 54.4 Å². The monoisotopic (exact) mass is 400 g/mol. The summed E-state index contributed by atoms with van der Waals surface area (Å²) in [5.74, 6) is -2.58. The van der Waals surface area contributed by atoms with E-state index in [0.29, 0.717) is 0 Å². The number of rotatable bonds is 4. The zero-order valence-corrected chi connectivity index (χ0v) is 15.9. The van der Waals surface area contributed by atoms with E-state index < -0.39 is 44.9 Å². The SMILES string of the molecule is CC(C)(C)[C@H](NS(=O)(=O)C(F)(F)F)C(=O)N1C[C@H]2[C@@H]([C@H]1C(=O)O)C2(C)C. The molecular weight excluding hydrogens is 377 g/mol. The Morgan fingerprint density at radius 1 is 1.23 bits per heavy atom. The van der Waals surface area contributed by atoms with E-state index in [-0.39, 0.29) is 23.8 Å². The Morgan fingerprint density at radius 3 is 2.12 bits per heavy atom. The summed E-state index contributed by atoms with van der Waals surface area (Å²) >= 11 is 0. The Kier molecular flexibility index (Phi) is 4.69. The number of nitrogens with zero attached hydrogens (tertiary/aromatic N) is 1. The summed E-state index contributed by atoms with van der Waals surface area (Å²) in [6, 6.07) is -2.92. The molecule has 0 aromatic carbocycles. The van der Waals surface area contributed by atoms with Gasteiger partial charge < -0.3 is 10.0 Å². The summed E-state index contributed by atoms with van der Waals surface area (Å²) in [6.07, 6.45) is 0. The summed E-state index contributed by atoms with van der Waals surface area (Å²) in [5, 5.41) is 9.50. The predicted molar refractivity (Wildman–Crippen MR) is 85.3 cm³/mol. The first-order valence-corrected chi connectivity index (χ1v) is 9.53. The quantitative estimate of drug-likeness (QED) is 0.743. The molecule has 0 radical (unpaired) electrons. The molecule has 11 heteroatoms. The number of alkyl halides is 3. The number of carbonyl (C=O) groups is 2. The number of hydrogen-bond donors (Lipinski definition) is 2.